The highest BCUT2D eigenvalue weighted by molar-refractivity contribution is 5.85. The standard InChI is InChI=1S/C7H11F2N.ClH/c1-6-4-10-3-2-5(6)7(6,8)9;/h5,10H,2-4H2,1H3;1H/t5-,6+;/m1./s1. The van der Waals surface area contributed by atoms with E-state index in [1.807, 2.05) is 0 Å². The first-order valence-corrected chi connectivity index (χ1v) is 3.67. The molecule has 2 atom stereocenters. The Hall–Kier alpha value is 0.110. The maximum atomic E-state index is 12.8. The molecule has 1 aliphatic heterocycles. The summed E-state index contributed by atoms with van der Waals surface area (Å²) >= 11 is 0. The molecule has 1 saturated carbocycles. The Bertz CT molecular complexity index is 174. The summed E-state index contributed by atoms with van der Waals surface area (Å²) in [6, 6.07) is 0. The van der Waals surface area contributed by atoms with Crippen molar-refractivity contribution in [2.45, 2.75) is 19.3 Å². The fraction of sp³-hybridized carbons (Fsp3) is 1.00. The molecule has 0 aromatic carbocycles. The van der Waals surface area contributed by atoms with E-state index in [1.54, 1.807) is 6.92 Å². The molecule has 1 aliphatic carbocycles. The van der Waals surface area contributed by atoms with E-state index < -0.39 is 11.3 Å². The van der Waals surface area contributed by atoms with Crippen molar-refractivity contribution in [3.05, 3.63) is 0 Å². The fourth-order valence-electron chi connectivity index (χ4n) is 2.01. The number of nitrogens with one attached hydrogen (secondary N) is 1. The molecule has 1 nitrogen and oxygen atoms in total. The summed E-state index contributed by atoms with van der Waals surface area (Å²) in [5, 5.41) is 2.99. The molecule has 11 heavy (non-hydrogen) atoms. The van der Waals surface area contributed by atoms with Gasteiger partial charge in [-0.1, -0.05) is 6.92 Å². The molecule has 2 fully saturated rings. The summed E-state index contributed by atoms with van der Waals surface area (Å²) in [5.74, 6) is -2.71. The highest BCUT2D eigenvalue weighted by atomic mass is 35.5. The molecule has 0 aromatic heterocycles. The van der Waals surface area contributed by atoms with E-state index >= 15 is 0 Å². The first-order chi connectivity index (χ1) is 4.59. The SMILES string of the molecule is C[C@]12CNCC[C@H]1C2(F)F.Cl. The van der Waals surface area contributed by atoms with Gasteiger partial charge in [0.15, 0.2) is 0 Å². The fourth-order valence-corrected chi connectivity index (χ4v) is 2.01. The van der Waals surface area contributed by atoms with Crippen LogP contribution in [-0.2, 0) is 0 Å². The number of piperidine rings is 1. The summed E-state index contributed by atoms with van der Waals surface area (Å²) in [6.45, 7) is 2.92. The molecule has 0 spiro atoms. The van der Waals surface area contributed by atoms with E-state index in [-0.39, 0.29) is 18.3 Å². The van der Waals surface area contributed by atoms with Gasteiger partial charge in [0, 0.05) is 12.5 Å². The van der Waals surface area contributed by atoms with Gasteiger partial charge in [0.1, 0.15) is 0 Å². The van der Waals surface area contributed by atoms with E-state index in [0.29, 0.717) is 13.0 Å². The number of alkyl halides is 2. The number of hydrogen-bond donors (Lipinski definition) is 1. The van der Waals surface area contributed by atoms with Crippen molar-refractivity contribution in [3.63, 3.8) is 0 Å². The van der Waals surface area contributed by atoms with Crippen LogP contribution in [-0.4, -0.2) is 19.0 Å². The zero-order chi connectivity index (χ0) is 7.41. The third-order valence-corrected chi connectivity index (χ3v) is 2.99. The number of fused-ring (bicyclic) bond motifs is 1. The molecule has 1 N–H and O–H groups in total. The van der Waals surface area contributed by atoms with Gasteiger partial charge in [0.25, 0.3) is 5.92 Å². The average Bonchev–Trinajstić information content (AvgIpc) is 2.30. The quantitative estimate of drug-likeness (QED) is 0.603. The lowest BCUT2D eigenvalue weighted by atomic mass is 10.0. The Morgan fingerprint density at radius 3 is 2.45 bits per heavy atom. The minimum absolute atomic E-state index is 0. The molecular weight excluding hydrogens is 172 g/mol. The molecule has 2 rings (SSSR count). The van der Waals surface area contributed by atoms with Crippen LogP contribution in [0.2, 0.25) is 0 Å². The number of hydrogen-bond acceptors (Lipinski definition) is 1. The third-order valence-electron chi connectivity index (χ3n) is 2.99. The van der Waals surface area contributed by atoms with Crippen molar-refractivity contribution < 1.29 is 8.78 Å². The van der Waals surface area contributed by atoms with Crippen LogP contribution in [0.4, 0.5) is 8.78 Å². The van der Waals surface area contributed by atoms with Gasteiger partial charge in [0.2, 0.25) is 0 Å². The van der Waals surface area contributed by atoms with Crippen LogP contribution in [0.5, 0.6) is 0 Å². The second-order valence-corrected chi connectivity index (χ2v) is 3.56. The Labute approximate surface area is 71.0 Å². The van der Waals surface area contributed by atoms with Crippen molar-refractivity contribution in [2.24, 2.45) is 11.3 Å². The Balaban J connectivity index is 0.000000605. The normalized spacial score (nSPS) is 45.5. The largest absolute Gasteiger partial charge is 0.316 e. The van der Waals surface area contributed by atoms with Gasteiger partial charge in [-0.15, -0.1) is 12.4 Å². The molecular formula is C7H12ClF2N. The molecule has 0 unspecified atom stereocenters. The topological polar surface area (TPSA) is 12.0 Å². The molecule has 0 amide bonds. The Morgan fingerprint density at radius 2 is 2.09 bits per heavy atom. The molecule has 0 aromatic rings. The number of halogens is 3. The van der Waals surface area contributed by atoms with Gasteiger partial charge in [-0.05, 0) is 13.0 Å². The lowest BCUT2D eigenvalue weighted by molar-refractivity contribution is 0.0653. The third kappa shape index (κ3) is 0.905. The van der Waals surface area contributed by atoms with Crippen molar-refractivity contribution in [2.75, 3.05) is 13.1 Å². The van der Waals surface area contributed by atoms with E-state index in [1.165, 1.54) is 0 Å². The van der Waals surface area contributed by atoms with Gasteiger partial charge in [0.05, 0.1) is 5.41 Å². The second-order valence-electron chi connectivity index (χ2n) is 3.56. The molecule has 0 radical (unpaired) electrons. The first-order valence-electron chi connectivity index (χ1n) is 3.67. The zero-order valence-electron chi connectivity index (χ0n) is 6.36. The molecule has 1 heterocycles. The van der Waals surface area contributed by atoms with Crippen LogP contribution >= 0.6 is 12.4 Å². The second kappa shape index (κ2) is 2.30. The summed E-state index contributed by atoms with van der Waals surface area (Å²) in [4.78, 5) is 0. The average molecular weight is 184 g/mol. The molecule has 1 saturated heterocycles. The van der Waals surface area contributed by atoms with Gasteiger partial charge >= 0.3 is 0 Å². The van der Waals surface area contributed by atoms with Crippen LogP contribution in [0, 0.1) is 11.3 Å². The van der Waals surface area contributed by atoms with E-state index in [4.69, 9.17) is 0 Å². The lowest BCUT2D eigenvalue weighted by Gasteiger charge is -2.15. The molecule has 0 bridgehead atoms. The molecule has 66 valence electrons. The van der Waals surface area contributed by atoms with Gasteiger partial charge in [-0.25, -0.2) is 8.78 Å². The monoisotopic (exact) mass is 183 g/mol. The van der Waals surface area contributed by atoms with Crippen molar-refractivity contribution in [1.82, 2.24) is 5.32 Å². The first kappa shape index (κ1) is 9.20. The van der Waals surface area contributed by atoms with E-state index in [0.717, 1.165) is 6.54 Å². The smallest absolute Gasteiger partial charge is 0.258 e. The predicted octanol–water partition coefficient (Wildman–Crippen LogP) is 1.67. The minimum atomic E-state index is -2.38. The van der Waals surface area contributed by atoms with E-state index in [2.05, 4.69) is 5.32 Å². The van der Waals surface area contributed by atoms with Crippen LogP contribution < -0.4 is 5.32 Å². The lowest BCUT2D eigenvalue weighted by Crippen LogP contribution is -2.30. The minimum Gasteiger partial charge on any atom is -0.316 e. The zero-order valence-corrected chi connectivity index (χ0v) is 7.18. The highest BCUT2D eigenvalue weighted by Gasteiger charge is 2.77. The maximum Gasteiger partial charge on any atom is 0.258 e. The highest BCUT2D eigenvalue weighted by Crippen LogP contribution is 2.67. The Morgan fingerprint density at radius 1 is 1.45 bits per heavy atom. The summed E-state index contributed by atoms with van der Waals surface area (Å²) < 4.78 is 25.7. The summed E-state index contributed by atoms with van der Waals surface area (Å²) in [5.41, 5.74) is -0.703. The maximum absolute atomic E-state index is 12.8. The van der Waals surface area contributed by atoms with Crippen LogP contribution in [0.3, 0.4) is 0 Å². The molecule has 4 heteroatoms. The van der Waals surface area contributed by atoms with Crippen LogP contribution in [0.1, 0.15) is 13.3 Å². The number of rotatable bonds is 0. The van der Waals surface area contributed by atoms with Gasteiger partial charge < -0.3 is 5.32 Å². The summed E-state index contributed by atoms with van der Waals surface area (Å²) in [7, 11) is 0. The van der Waals surface area contributed by atoms with Crippen molar-refractivity contribution in [1.29, 1.82) is 0 Å². The van der Waals surface area contributed by atoms with Crippen LogP contribution in [0.15, 0.2) is 0 Å². The van der Waals surface area contributed by atoms with Crippen LogP contribution in [0.25, 0.3) is 0 Å². The van der Waals surface area contributed by atoms with Crippen molar-refractivity contribution in [3.8, 4) is 0 Å². The summed E-state index contributed by atoms with van der Waals surface area (Å²) in [6.07, 6.45) is 0.642. The van der Waals surface area contributed by atoms with Crippen molar-refractivity contribution >= 4 is 12.4 Å². The van der Waals surface area contributed by atoms with E-state index in [9.17, 15) is 8.78 Å². The Kier molecular flexibility index (Phi) is 1.92. The molecule has 2 aliphatic rings. The van der Waals surface area contributed by atoms with Gasteiger partial charge in [-0.3, -0.25) is 0 Å². The predicted molar refractivity (Wildman–Crippen MR) is 41.3 cm³/mol. The van der Waals surface area contributed by atoms with Gasteiger partial charge in [-0.2, -0.15) is 0 Å².